The zero-order chi connectivity index (χ0) is 39.6. The molecular formula is C42H37F4N7O4. The van der Waals surface area contributed by atoms with E-state index >= 15 is 8.78 Å². The van der Waals surface area contributed by atoms with Crippen molar-refractivity contribution < 1.29 is 36.9 Å². The van der Waals surface area contributed by atoms with Crippen LogP contribution in [0.1, 0.15) is 43.4 Å². The minimum Gasteiger partial charge on any atom is -0.508 e. The highest BCUT2D eigenvalue weighted by molar-refractivity contribution is 6.03. The highest BCUT2D eigenvalue weighted by Crippen LogP contribution is 2.43. The second kappa shape index (κ2) is 14.2. The third-order valence-corrected chi connectivity index (χ3v) is 11.8. The molecule has 0 spiro atoms. The van der Waals surface area contributed by atoms with Crippen LogP contribution in [-0.2, 0) is 4.79 Å². The fourth-order valence-corrected chi connectivity index (χ4v) is 9.26. The number of rotatable bonds is 8. The number of aromatic nitrogens is 4. The predicted octanol–water partition coefficient (Wildman–Crippen LogP) is 6.36. The zero-order valence-corrected chi connectivity index (χ0v) is 30.9. The number of nitrogens with zero attached hydrogens (tertiary/aromatic N) is 7. The number of aromatic hydroxyl groups is 1. The van der Waals surface area contributed by atoms with Crippen molar-refractivity contribution in [3.05, 3.63) is 77.4 Å². The van der Waals surface area contributed by atoms with E-state index in [4.69, 9.17) is 20.9 Å². The Hall–Kier alpha value is -6.01. The molecule has 9 rings (SSSR count). The summed E-state index contributed by atoms with van der Waals surface area (Å²) in [5.41, 5.74) is -0.756. The lowest BCUT2D eigenvalue weighted by atomic mass is 9.95. The summed E-state index contributed by atoms with van der Waals surface area (Å²) in [4.78, 5) is 37.1. The van der Waals surface area contributed by atoms with Crippen LogP contribution in [0.25, 0.3) is 39.0 Å². The number of piperazine rings is 1. The van der Waals surface area contributed by atoms with Gasteiger partial charge in [0.25, 0.3) is 5.91 Å². The SMILES string of the molecule is C#Cc1c(F)ccc2cc(O)cc(-c3ncc4c(N5CC6CCC(C5)N6C(=O)/C(F)=C/c5cccc(OC)n5)nc(OC[C@@]56CCCN5C[C@H](F)C6)nc4c3F)c12. The Bertz CT molecular complexity index is 2520. The third-order valence-electron chi connectivity index (χ3n) is 11.8. The van der Waals surface area contributed by atoms with Crippen LogP contribution in [0.3, 0.4) is 0 Å². The number of benzene rings is 2. The number of amides is 1. The van der Waals surface area contributed by atoms with E-state index < -0.39 is 47.2 Å². The van der Waals surface area contributed by atoms with Crippen LogP contribution in [0.15, 0.2) is 54.5 Å². The number of methoxy groups -OCH3 is 1. The van der Waals surface area contributed by atoms with Crippen molar-refractivity contribution in [3.63, 3.8) is 0 Å². The van der Waals surface area contributed by atoms with Gasteiger partial charge in [0.2, 0.25) is 5.88 Å². The number of hydrogen-bond acceptors (Lipinski definition) is 10. The van der Waals surface area contributed by atoms with E-state index in [0.29, 0.717) is 37.0 Å². The molecule has 15 heteroatoms. The highest BCUT2D eigenvalue weighted by Gasteiger charge is 2.50. The molecule has 2 bridgehead atoms. The number of carbonyl (C=O) groups is 1. The van der Waals surface area contributed by atoms with Crippen molar-refractivity contribution in [2.24, 2.45) is 0 Å². The van der Waals surface area contributed by atoms with Crippen LogP contribution in [-0.4, -0.2) is 104 Å². The minimum atomic E-state index is -0.996. The molecule has 57 heavy (non-hydrogen) atoms. The summed E-state index contributed by atoms with van der Waals surface area (Å²) in [7, 11) is 1.45. The van der Waals surface area contributed by atoms with E-state index in [1.807, 2.05) is 4.90 Å². The van der Waals surface area contributed by atoms with E-state index in [0.717, 1.165) is 25.5 Å². The van der Waals surface area contributed by atoms with Crippen LogP contribution >= 0.6 is 0 Å². The number of halogens is 4. The number of anilines is 1. The quantitative estimate of drug-likeness (QED) is 0.108. The first-order valence-corrected chi connectivity index (χ1v) is 18.8. The molecule has 4 saturated heterocycles. The largest absolute Gasteiger partial charge is 0.508 e. The van der Waals surface area contributed by atoms with Crippen LogP contribution in [0.2, 0.25) is 0 Å². The molecule has 2 aromatic carbocycles. The Kier molecular flexibility index (Phi) is 9.11. The summed E-state index contributed by atoms with van der Waals surface area (Å²) in [6.07, 6.45) is 10.3. The number of fused-ring (bicyclic) bond motifs is 5. The molecule has 4 aliphatic heterocycles. The summed E-state index contributed by atoms with van der Waals surface area (Å²) in [6.45, 7) is 1.62. The Balaban J connectivity index is 1.10. The van der Waals surface area contributed by atoms with Crippen molar-refractivity contribution >= 4 is 39.5 Å². The molecule has 0 aliphatic carbocycles. The van der Waals surface area contributed by atoms with Crippen molar-refractivity contribution in [1.29, 1.82) is 0 Å². The normalized spacial score (nSPS) is 23.3. The molecule has 0 radical (unpaired) electrons. The van der Waals surface area contributed by atoms with Gasteiger partial charge < -0.3 is 24.4 Å². The fourth-order valence-electron chi connectivity index (χ4n) is 9.26. The standard InChI is InChI=1S/C42H37F4N7O4/c1-3-29-32(44)11-8-23-14-28(54)16-30(35(23)29)37-36(46)38-31(18-47-37)39(50-41(49-38)57-22-42-12-5-13-52(42)19-24(43)17-42)51-20-26-9-10-27(21-51)53(26)40(55)33(45)15-25-6-4-7-34(48-25)56-2/h1,4,6-8,11,14-16,18,24,26-27,54H,5,9-10,12-13,17,19-22H2,2H3/b33-15-/t24-,26?,27?,42+/m1/s1. The summed E-state index contributed by atoms with van der Waals surface area (Å²) >= 11 is 0. The maximum Gasteiger partial charge on any atom is 0.319 e. The summed E-state index contributed by atoms with van der Waals surface area (Å²) in [6, 6.07) is 9.18. The Morgan fingerprint density at radius 2 is 1.91 bits per heavy atom. The molecule has 1 amide bonds. The second-order valence-corrected chi connectivity index (χ2v) is 15.1. The first kappa shape index (κ1) is 36.6. The molecule has 11 nitrogen and oxygen atoms in total. The number of hydrogen-bond donors (Lipinski definition) is 1. The van der Waals surface area contributed by atoms with E-state index in [-0.39, 0.29) is 76.1 Å². The Morgan fingerprint density at radius 1 is 1.11 bits per heavy atom. The van der Waals surface area contributed by atoms with Crippen molar-refractivity contribution in [2.45, 2.75) is 55.9 Å². The van der Waals surface area contributed by atoms with E-state index in [2.05, 4.69) is 25.8 Å². The smallest absolute Gasteiger partial charge is 0.319 e. The lowest BCUT2D eigenvalue weighted by Gasteiger charge is -2.41. The number of pyridine rings is 2. The van der Waals surface area contributed by atoms with Crippen molar-refractivity contribution in [2.75, 3.05) is 44.8 Å². The van der Waals surface area contributed by atoms with Gasteiger partial charge in [0.1, 0.15) is 41.4 Å². The number of phenols is 1. The third kappa shape index (κ3) is 6.32. The predicted molar refractivity (Wildman–Crippen MR) is 204 cm³/mol. The molecule has 4 atom stereocenters. The average molecular weight is 780 g/mol. The fraction of sp³-hybridized carbons (Fsp3) is 0.357. The topological polar surface area (TPSA) is 117 Å². The summed E-state index contributed by atoms with van der Waals surface area (Å²) in [5.74, 6) is -0.589. The number of alkyl halides is 1. The monoisotopic (exact) mass is 779 g/mol. The van der Waals surface area contributed by atoms with Gasteiger partial charge in [-0.3, -0.25) is 14.7 Å². The van der Waals surface area contributed by atoms with Crippen LogP contribution < -0.4 is 14.4 Å². The molecule has 292 valence electrons. The maximum atomic E-state index is 17.1. The van der Waals surface area contributed by atoms with Crippen molar-refractivity contribution in [3.8, 4) is 41.2 Å². The van der Waals surface area contributed by atoms with Crippen LogP contribution in [0.5, 0.6) is 17.6 Å². The lowest BCUT2D eigenvalue weighted by Crippen LogP contribution is -2.56. The van der Waals surface area contributed by atoms with Gasteiger partial charge >= 0.3 is 6.01 Å². The molecule has 1 N–H and O–H groups in total. The number of terminal acetylenes is 1. The zero-order valence-electron chi connectivity index (χ0n) is 30.9. The van der Waals surface area contributed by atoms with E-state index in [1.165, 1.54) is 37.6 Å². The first-order chi connectivity index (χ1) is 27.6. The molecule has 4 aliphatic rings. The molecule has 5 aromatic rings. The van der Waals surface area contributed by atoms with Gasteiger partial charge in [-0.2, -0.15) is 9.97 Å². The Morgan fingerprint density at radius 3 is 2.68 bits per heavy atom. The molecule has 2 unspecified atom stereocenters. The van der Waals surface area contributed by atoms with Crippen LogP contribution in [0.4, 0.5) is 23.4 Å². The average Bonchev–Trinajstić information content (AvgIpc) is 3.82. The van der Waals surface area contributed by atoms with Gasteiger partial charge in [0, 0.05) is 55.3 Å². The molecule has 4 fully saturated rings. The van der Waals surface area contributed by atoms with Crippen molar-refractivity contribution in [1.82, 2.24) is 29.7 Å². The molecular weight excluding hydrogens is 742 g/mol. The molecule has 0 saturated carbocycles. The minimum absolute atomic E-state index is 0.0595. The van der Waals surface area contributed by atoms with Gasteiger partial charge in [0.15, 0.2) is 11.6 Å². The lowest BCUT2D eigenvalue weighted by molar-refractivity contribution is -0.131. The van der Waals surface area contributed by atoms with Gasteiger partial charge in [-0.1, -0.05) is 18.1 Å². The highest BCUT2D eigenvalue weighted by atomic mass is 19.1. The van der Waals surface area contributed by atoms with Gasteiger partial charge in [-0.25, -0.2) is 22.5 Å². The van der Waals surface area contributed by atoms with Crippen LogP contribution in [0, 0.1) is 24.0 Å². The summed E-state index contributed by atoms with van der Waals surface area (Å²) in [5, 5.41) is 11.4. The molecule has 3 aromatic heterocycles. The Labute approximate surface area is 324 Å². The maximum absolute atomic E-state index is 17.1. The van der Waals surface area contributed by atoms with Gasteiger partial charge in [-0.15, -0.1) is 6.42 Å². The first-order valence-electron chi connectivity index (χ1n) is 18.8. The number of carbonyl (C=O) groups excluding carboxylic acids is 1. The second-order valence-electron chi connectivity index (χ2n) is 15.1. The van der Waals surface area contributed by atoms with Gasteiger partial charge in [-0.05, 0) is 61.9 Å². The number of phenolic OH excluding ortho intramolecular Hbond substituents is 1. The summed E-state index contributed by atoms with van der Waals surface area (Å²) < 4.78 is 73.7. The van der Waals surface area contributed by atoms with E-state index in [1.54, 1.807) is 23.1 Å². The molecule has 7 heterocycles. The van der Waals surface area contributed by atoms with Gasteiger partial charge in [0.05, 0.1) is 41.4 Å². The number of ether oxygens (including phenoxy) is 2. The van der Waals surface area contributed by atoms with E-state index in [9.17, 15) is 18.7 Å².